The lowest BCUT2D eigenvalue weighted by Gasteiger charge is -2.22. The number of aromatic nitrogens is 3. The van der Waals surface area contributed by atoms with Gasteiger partial charge in [0.2, 0.25) is 10.0 Å². The summed E-state index contributed by atoms with van der Waals surface area (Å²) in [5.41, 5.74) is 0. The predicted molar refractivity (Wildman–Crippen MR) is 70.5 cm³/mol. The second-order valence-corrected chi connectivity index (χ2v) is 6.62. The normalized spacial score (nSPS) is 19.0. The van der Waals surface area contributed by atoms with Crippen LogP contribution in [0.2, 0.25) is 0 Å². The molecular formula is C12H16N4O3S. The summed E-state index contributed by atoms with van der Waals surface area (Å²) in [6.07, 6.45) is 3.04. The third-order valence-electron chi connectivity index (χ3n) is 3.40. The van der Waals surface area contributed by atoms with E-state index in [2.05, 4.69) is 14.8 Å². The van der Waals surface area contributed by atoms with Crippen molar-refractivity contribution in [3.63, 3.8) is 0 Å². The van der Waals surface area contributed by atoms with Crippen LogP contribution in [-0.2, 0) is 16.6 Å². The zero-order valence-corrected chi connectivity index (χ0v) is 12.1. The fourth-order valence-electron chi connectivity index (χ4n) is 2.53. The molecule has 3 heterocycles. The molecule has 0 saturated heterocycles. The third kappa shape index (κ3) is 2.25. The molecular weight excluding hydrogens is 280 g/mol. The first-order valence-electron chi connectivity index (χ1n) is 6.44. The van der Waals surface area contributed by atoms with Gasteiger partial charge in [-0.2, -0.15) is 5.10 Å². The van der Waals surface area contributed by atoms with Crippen LogP contribution in [0.3, 0.4) is 0 Å². The van der Waals surface area contributed by atoms with E-state index < -0.39 is 10.0 Å². The van der Waals surface area contributed by atoms with Gasteiger partial charge in [-0.3, -0.25) is 0 Å². The van der Waals surface area contributed by atoms with Crippen molar-refractivity contribution in [2.45, 2.75) is 44.2 Å². The summed E-state index contributed by atoms with van der Waals surface area (Å²) in [5.74, 6) is 1.64. The highest BCUT2D eigenvalue weighted by atomic mass is 32.2. The summed E-state index contributed by atoms with van der Waals surface area (Å²) in [5, 5.41) is 4.08. The van der Waals surface area contributed by atoms with Crippen LogP contribution in [0.5, 0.6) is 0 Å². The Balaban J connectivity index is 1.91. The molecule has 1 aliphatic rings. The maximum Gasteiger partial charge on any atom is 0.244 e. The van der Waals surface area contributed by atoms with Crippen molar-refractivity contribution >= 4 is 10.0 Å². The average Bonchev–Trinajstić information content (AvgIpc) is 2.96. The van der Waals surface area contributed by atoms with Gasteiger partial charge in [0.05, 0.1) is 6.04 Å². The molecule has 2 aromatic heterocycles. The third-order valence-corrected chi connectivity index (χ3v) is 4.98. The molecule has 1 N–H and O–H groups in total. The van der Waals surface area contributed by atoms with E-state index in [1.165, 1.54) is 12.4 Å². The average molecular weight is 296 g/mol. The summed E-state index contributed by atoms with van der Waals surface area (Å²) >= 11 is 0. The largest absolute Gasteiger partial charge is 0.465 e. The first kappa shape index (κ1) is 13.3. The molecule has 0 fully saturated rings. The number of nitrogens with zero attached hydrogens (tertiary/aromatic N) is 3. The summed E-state index contributed by atoms with van der Waals surface area (Å²) in [7, 11) is -3.62. The van der Waals surface area contributed by atoms with Gasteiger partial charge in [0.15, 0.2) is 0 Å². The van der Waals surface area contributed by atoms with Crippen LogP contribution in [0.25, 0.3) is 0 Å². The predicted octanol–water partition coefficient (Wildman–Crippen LogP) is 1.30. The van der Waals surface area contributed by atoms with E-state index in [0.29, 0.717) is 23.8 Å². The highest BCUT2D eigenvalue weighted by Crippen LogP contribution is 2.26. The van der Waals surface area contributed by atoms with Crippen LogP contribution >= 0.6 is 0 Å². The fourth-order valence-corrected chi connectivity index (χ4v) is 3.99. The van der Waals surface area contributed by atoms with Crippen LogP contribution in [0.4, 0.5) is 0 Å². The minimum atomic E-state index is -3.62. The summed E-state index contributed by atoms with van der Waals surface area (Å²) in [4.78, 5) is 4.33. The van der Waals surface area contributed by atoms with Crippen molar-refractivity contribution in [3.8, 4) is 0 Å². The highest BCUT2D eigenvalue weighted by Gasteiger charge is 2.29. The number of sulfonamides is 1. The second kappa shape index (κ2) is 4.71. The van der Waals surface area contributed by atoms with Crippen LogP contribution in [-0.4, -0.2) is 23.2 Å². The van der Waals surface area contributed by atoms with Gasteiger partial charge in [0.1, 0.15) is 28.6 Å². The van der Waals surface area contributed by atoms with Gasteiger partial charge in [0.25, 0.3) is 0 Å². The molecule has 0 bridgehead atoms. The Hall–Kier alpha value is -1.67. The molecule has 0 amide bonds. The number of furan rings is 1. The molecule has 20 heavy (non-hydrogen) atoms. The molecule has 2 aromatic rings. The number of hydrogen-bond donors (Lipinski definition) is 1. The van der Waals surface area contributed by atoms with Gasteiger partial charge < -0.3 is 4.42 Å². The number of rotatable bonds is 3. The number of nitrogens with one attached hydrogen (secondary N) is 1. The second-order valence-electron chi connectivity index (χ2n) is 4.93. The number of aryl methyl sites for hydroxylation is 3. The molecule has 0 unspecified atom stereocenters. The Morgan fingerprint density at radius 1 is 1.45 bits per heavy atom. The first-order valence-corrected chi connectivity index (χ1v) is 7.93. The Morgan fingerprint density at radius 2 is 2.25 bits per heavy atom. The van der Waals surface area contributed by atoms with Gasteiger partial charge in [-0.1, -0.05) is 0 Å². The summed E-state index contributed by atoms with van der Waals surface area (Å²) in [6, 6.07) is 1.19. The highest BCUT2D eigenvalue weighted by molar-refractivity contribution is 7.89. The van der Waals surface area contributed by atoms with Crippen LogP contribution in [0.15, 0.2) is 21.7 Å². The molecule has 0 radical (unpaired) electrons. The molecule has 0 aliphatic carbocycles. The van der Waals surface area contributed by atoms with E-state index >= 15 is 0 Å². The topological polar surface area (TPSA) is 90.0 Å². The maximum absolute atomic E-state index is 12.4. The van der Waals surface area contributed by atoms with Crippen LogP contribution in [0.1, 0.15) is 36.2 Å². The number of hydrogen-bond acceptors (Lipinski definition) is 5. The van der Waals surface area contributed by atoms with Crippen molar-refractivity contribution < 1.29 is 12.8 Å². The fraction of sp³-hybridized carbons (Fsp3) is 0.500. The minimum Gasteiger partial charge on any atom is -0.465 e. The molecule has 1 atom stereocenters. The molecule has 8 heteroatoms. The van der Waals surface area contributed by atoms with E-state index in [-0.39, 0.29) is 10.9 Å². The van der Waals surface area contributed by atoms with Crippen molar-refractivity contribution in [1.29, 1.82) is 0 Å². The minimum absolute atomic E-state index is 0.187. The Kier molecular flexibility index (Phi) is 3.14. The Bertz CT molecular complexity index is 732. The van der Waals surface area contributed by atoms with E-state index in [9.17, 15) is 8.42 Å². The van der Waals surface area contributed by atoms with E-state index in [4.69, 9.17) is 4.42 Å². The van der Waals surface area contributed by atoms with Gasteiger partial charge >= 0.3 is 0 Å². The molecule has 0 saturated carbocycles. The molecule has 3 rings (SSSR count). The van der Waals surface area contributed by atoms with Crippen molar-refractivity contribution in [3.05, 3.63) is 29.7 Å². The summed E-state index contributed by atoms with van der Waals surface area (Å²) in [6.45, 7) is 4.14. The maximum atomic E-state index is 12.4. The van der Waals surface area contributed by atoms with Gasteiger partial charge in [-0.25, -0.2) is 22.8 Å². The molecule has 0 spiro atoms. The summed E-state index contributed by atoms with van der Waals surface area (Å²) < 4.78 is 34.6. The molecule has 108 valence electrons. The Labute approximate surface area is 117 Å². The van der Waals surface area contributed by atoms with Crippen LogP contribution < -0.4 is 4.72 Å². The number of fused-ring (bicyclic) bond motifs is 1. The molecule has 0 aromatic carbocycles. The molecule has 7 nitrogen and oxygen atoms in total. The van der Waals surface area contributed by atoms with Crippen molar-refractivity contribution in [1.82, 2.24) is 19.5 Å². The quantitative estimate of drug-likeness (QED) is 0.922. The SMILES string of the molecule is Cc1cc(S(=O)(=O)N[C@@H]2CCCn3ncnc32)c(C)o1. The van der Waals surface area contributed by atoms with Crippen molar-refractivity contribution in [2.75, 3.05) is 0 Å². The zero-order valence-electron chi connectivity index (χ0n) is 11.3. The van der Waals surface area contributed by atoms with E-state index in [1.54, 1.807) is 18.5 Å². The van der Waals surface area contributed by atoms with Crippen molar-refractivity contribution in [2.24, 2.45) is 0 Å². The Morgan fingerprint density at radius 3 is 2.95 bits per heavy atom. The first-order chi connectivity index (χ1) is 9.47. The smallest absolute Gasteiger partial charge is 0.244 e. The van der Waals surface area contributed by atoms with Gasteiger partial charge in [0, 0.05) is 6.54 Å². The van der Waals surface area contributed by atoms with E-state index in [0.717, 1.165) is 13.0 Å². The van der Waals surface area contributed by atoms with Crippen LogP contribution in [0, 0.1) is 13.8 Å². The zero-order chi connectivity index (χ0) is 14.3. The lowest BCUT2D eigenvalue weighted by atomic mass is 10.1. The van der Waals surface area contributed by atoms with E-state index in [1.807, 2.05) is 0 Å². The lowest BCUT2D eigenvalue weighted by Crippen LogP contribution is -2.33. The monoisotopic (exact) mass is 296 g/mol. The van der Waals surface area contributed by atoms with Gasteiger partial charge in [-0.05, 0) is 32.8 Å². The standard InChI is InChI=1S/C12H16N4O3S/c1-8-6-11(9(2)19-8)20(17,18)15-10-4-3-5-16-12(10)13-7-14-16/h6-7,10,15H,3-5H2,1-2H3/t10-/m1/s1. The van der Waals surface area contributed by atoms with Gasteiger partial charge in [-0.15, -0.1) is 0 Å². The lowest BCUT2D eigenvalue weighted by molar-refractivity contribution is 0.399. The molecule has 1 aliphatic heterocycles.